The Kier molecular flexibility index (Phi) is 3.21. The zero-order valence-corrected chi connectivity index (χ0v) is 9.80. The zero-order valence-electron chi connectivity index (χ0n) is 8.98. The summed E-state index contributed by atoms with van der Waals surface area (Å²) < 4.78 is -0.768. The lowest BCUT2D eigenvalue weighted by atomic mass is 10.0. The second-order valence-corrected chi connectivity index (χ2v) is 5.32. The molecule has 3 nitrogen and oxygen atoms in total. The highest BCUT2D eigenvalue weighted by Gasteiger charge is 2.45. The van der Waals surface area contributed by atoms with E-state index in [1.54, 1.807) is 0 Å². The van der Waals surface area contributed by atoms with E-state index >= 15 is 0 Å². The molecule has 2 rings (SSSR count). The van der Waals surface area contributed by atoms with Crippen LogP contribution in [0.5, 0.6) is 0 Å². The van der Waals surface area contributed by atoms with Gasteiger partial charge in [-0.2, -0.15) is 0 Å². The normalized spacial score (nSPS) is 23.1. The number of benzene rings is 1. The number of hydrogen-bond acceptors (Lipinski definition) is 3. The Hall–Kier alpha value is -1.00. The van der Waals surface area contributed by atoms with Gasteiger partial charge in [0.25, 0.3) is 0 Å². The average Bonchev–Trinajstić information content (AvgIpc) is 2.67. The third kappa shape index (κ3) is 1.72. The van der Waals surface area contributed by atoms with Crippen molar-refractivity contribution in [1.29, 1.82) is 0 Å². The van der Waals surface area contributed by atoms with Gasteiger partial charge >= 0.3 is 5.97 Å². The number of fused-ring (bicyclic) bond motifs is 1. The third-order valence-electron chi connectivity index (χ3n) is 3.01. The van der Waals surface area contributed by atoms with Gasteiger partial charge in [-0.05, 0) is 24.0 Å². The molecule has 0 aliphatic heterocycles. The van der Waals surface area contributed by atoms with Gasteiger partial charge in [-0.25, -0.2) is 0 Å². The Morgan fingerprint density at radius 1 is 1.50 bits per heavy atom. The fourth-order valence-corrected chi connectivity index (χ4v) is 3.44. The van der Waals surface area contributed by atoms with Crippen LogP contribution in [-0.4, -0.2) is 23.4 Å². The van der Waals surface area contributed by atoms with Crippen LogP contribution in [0.15, 0.2) is 24.3 Å². The summed E-state index contributed by atoms with van der Waals surface area (Å²) in [6.45, 7) is 0.516. The molecule has 0 saturated heterocycles. The first-order valence-electron chi connectivity index (χ1n) is 5.36. The number of carbonyl (C=O) groups is 1. The molecule has 0 spiro atoms. The van der Waals surface area contributed by atoms with Crippen molar-refractivity contribution < 1.29 is 9.90 Å². The number of hydrogen-bond donors (Lipinski definition) is 2. The van der Waals surface area contributed by atoms with E-state index in [1.807, 2.05) is 24.3 Å². The molecule has 4 heteroatoms. The Morgan fingerprint density at radius 3 is 2.94 bits per heavy atom. The van der Waals surface area contributed by atoms with E-state index in [2.05, 4.69) is 0 Å². The third-order valence-corrected chi connectivity index (χ3v) is 4.54. The number of rotatable bonds is 4. The Labute approximate surface area is 99.0 Å². The van der Waals surface area contributed by atoms with Gasteiger partial charge in [0.05, 0.1) is 0 Å². The van der Waals surface area contributed by atoms with Crippen molar-refractivity contribution in [2.75, 3.05) is 12.3 Å². The van der Waals surface area contributed by atoms with Crippen LogP contribution < -0.4 is 5.73 Å². The first-order chi connectivity index (χ1) is 7.70. The second-order valence-electron chi connectivity index (χ2n) is 3.93. The molecule has 1 aliphatic carbocycles. The summed E-state index contributed by atoms with van der Waals surface area (Å²) in [6.07, 6.45) is 1.52. The van der Waals surface area contributed by atoms with Crippen molar-refractivity contribution in [3.8, 4) is 0 Å². The molecule has 0 fully saturated rings. The summed E-state index contributed by atoms with van der Waals surface area (Å²) in [5, 5.41) is 9.48. The maximum absolute atomic E-state index is 11.5. The molecule has 1 atom stereocenters. The summed E-state index contributed by atoms with van der Waals surface area (Å²) >= 11 is 1.46. The van der Waals surface area contributed by atoms with Crippen LogP contribution >= 0.6 is 11.8 Å². The number of aliphatic carboxylic acids is 1. The maximum atomic E-state index is 11.5. The van der Waals surface area contributed by atoms with Crippen molar-refractivity contribution in [2.24, 2.45) is 5.73 Å². The highest BCUT2D eigenvalue weighted by Crippen LogP contribution is 2.47. The molecule has 0 heterocycles. The van der Waals surface area contributed by atoms with E-state index in [0.29, 0.717) is 18.7 Å². The van der Waals surface area contributed by atoms with E-state index in [1.165, 1.54) is 11.8 Å². The lowest BCUT2D eigenvalue weighted by Crippen LogP contribution is -2.31. The zero-order chi connectivity index (χ0) is 11.6. The van der Waals surface area contributed by atoms with Crippen LogP contribution in [-0.2, 0) is 16.0 Å². The molecule has 0 aromatic heterocycles. The van der Waals surface area contributed by atoms with E-state index in [9.17, 15) is 9.90 Å². The number of aryl methyl sites for hydroxylation is 1. The minimum absolute atomic E-state index is 0.516. The molecule has 0 saturated carbocycles. The summed E-state index contributed by atoms with van der Waals surface area (Å²) in [6, 6.07) is 7.82. The topological polar surface area (TPSA) is 63.3 Å². The van der Waals surface area contributed by atoms with E-state index in [0.717, 1.165) is 17.5 Å². The molecule has 1 unspecified atom stereocenters. The Morgan fingerprint density at radius 2 is 2.25 bits per heavy atom. The van der Waals surface area contributed by atoms with Gasteiger partial charge in [-0.1, -0.05) is 24.3 Å². The fourth-order valence-electron chi connectivity index (χ4n) is 2.24. The minimum Gasteiger partial charge on any atom is -0.480 e. The smallest absolute Gasteiger partial charge is 0.324 e. The lowest BCUT2D eigenvalue weighted by molar-refractivity contribution is -0.140. The first-order valence-corrected chi connectivity index (χ1v) is 6.35. The van der Waals surface area contributed by atoms with E-state index in [4.69, 9.17) is 5.73 Å². The summed E-state index contributed by atoms with van der Waals surface area (Å²) in [4.78, 5) is 11.5. The average molecular weight is 237 g/mol. The first kappa shape index (κ1) is 11.5. The number of carboxylic acid groups (broad SMARTS) is 1. The number of carboxylic acids is 1. The SMILES string of the molecule is NCCSC1(C(=O)O)CCc2ccccc21. The van der Waals surface area contributed by atoms with Gasteiger partial charge < -0.3 is 10.8 Å². The molecule has 1 aromatic carbocycles. The van der Waals surface area contributed by atoms with Gasteiger partial charge in [0.1, 0.15) is 4.75 Å². The van der Waals surface area contributed by atoms with Crippen LogP contribution in [0.1, 0.15) is 17.5 Å². The largest absolute Gasteiger partial charge is 0.480 e. The second kappa shape index (κ2) is 4.47. The lowest BCUT2D eigenvalue weighted by Gasteiger charge is -2.24. The highest BCUT2D eigenvalue weighted by molar-refractivity contribution is 8.01. The molecule has 1 aromatic rings. The van der Waals surface area contributed by atoms with Crippen LogP contribution in [0.4, 0.5) is 0 Å². The van der Waals surface area contributed by atoms with Gasteiger partial charge in [0.2, 0.25) is 0 Å². The van der Waals surface area contributed by atoms with Crippen molar-refractivity contribution in [3.05, 3.63) is 35.4 Å². The van der Waals surface area contributed by atoms with Crippen LogP contribution in [0.25, 0.3) is 0 Å². The monoisotopic (exact) mass is 237 g/mol. The summed E-state index contributed by atoms with van der Waals surface area (Å²) in [5.41, 5.74) is 7.59. The highest BCUT2D eigenvalue weighted by atomic mass is 32.2. The maximum Gasteiger partial charge on any atom is 0.324 e. The molecule has 0 amide bonds. The predicted molar refractivity (Wildman–Crippen MR) is 65.6 cm³/mol. The molecular formula is C12H15NO2S. The van der Waals surface area contributed by atoms with Crippen molar-refractivity contribution in [2.45, 2.75) is 17.6 Å². The standard InChI is InChI=1S/C12H15NO2S/c13-7-8-16-12(11(14)15)6-5-9-3-1-2-4-10(9)12/h1-4H,5-8,13H2,(H,14,15). The quantitative estimate of drug-likeness (QED) is 0.835. The molecule has 3 N–H and O–H groups in total. The molecule has 0 bridgehead atoms. The summed E-state index contributed by atoms with van der Waals surface area (Å²) in [5.74, 6) is -0.0587. The van der Waals surface area contributed by atoms with E-state index < -0.39 is 10.7 Å². The van der Waals surface area contributed by atoms with Gasteiger partial charge in [0.15, 0.2) is 0 Å². The van der Waals surface area contributed by atoms with E-state index in [-0.39, 0.29) is 0 Å². The number of thioether (sulfide) groups is 1. The minimum atomic E-state index is -0.768. The summed E-state index contributed by atoms with van der Waals surface area (Å²) in [7, 11) is 0. The van der Waals surface area contributed by atoms with Crippen molar-refractivity contribution in [3.63, 3.8) is 0 Å². The molecular weight excluding hydrogens is 222 g/mol. The van der Waals surface area contributed by atoms with Gasteiger partial charge in [0, 0.05) is 12.3 Å². The van der Waals surface area contributed by atoms with Gasteiger partial charge in [-0.15, -0.1) is 11.8 Å². The van der Waals surface area contributed by atoms with Crippen LogP contribution in [0.3, 0.4) is 0 Å². The molecule has 1 aliphatic rings. The fraction of sp³-hybridized carbons (Fsp3) is 0.417. The molecule has 86 valence electrons. The number of nitrogens with two attached hydrogens (primary N) is 1. The van der Waals surface area contributed by atoms with Crippen molar-refractivity contribution >= 4 is 17.7 Å². The molecule has 0 radical (unpaired) electrons. The Bertz CT molecular complexity index is 408. The van der Waals surface area contributed by atoms with Gasteiger partial charge in [-0.3, -0.25) is 4.79 Å². The predicted octanol–water partition coefficient (Wildman–Crippen LogP) is 1.60. The Balaban J connectivity index is 2.39. The van der Waals surface area contributed by atoms with Crippen LogP contribution in [0, 0.1) is 0 Å². The molecule has 16 heavy (non-hydrogen) atoms. The van der Waals surface area contributed by atoms with Crippen LogP contribution in [0.2, 0.25) is 0 Å². The van der Waals surface area contributed by atoms with Crippen molar-refractivity contribution in [1.82, 2.24) is 0 Å².